The van der Waals surface area contributed by atoms with Crippen LogP contribution < -0.4 is 5.32 Å². The Morgan fingerprint density at radius 1 is 1.26 bits per heavy atom. The molecule has 19 heavy (non-hydrogen) atoms. The smallest absolute Gasteiger partial charge is 0.243 e. The molecule has 5 nitrogen and oxygen atoms in total. The standard InChI is InChI=1S/C13H20N2O3S/c1-11(2)15(10-9-14-12(3)16)19(17,18)13-7-5-4-6-8-13/h4-8,11H,9-10H2,1-3H3,(H,14,16). The quantitative estimate of drug-likeness (QED) is 0.854. The minimum absolute atomic E-state index is 0.166. The summed E-state index contributed by atoms with van der Waals surface area (Å²) in [6, 6.07) is 8.14. The van der Waals surface area contributed by atoms with Crippen molar-refractivity contribution in [3.8, 4) is 0 Å². The molecule has 0 aliphatic rings. The van der Waals surface area contributed by atoms with Gasteiger partial charge < -0.3 is 5.32 Å². The summed E-state index contributed by atoms with van der Waals surface area (Å²) in [6.07, 6.45) is 0. The Morgan fingerprint density at radius 2 is 1.84 bits per heavy atom. The summed E-state index contributed by atoms with van der Waals surface area (Å²) in [4.78, 5) is 11.1. The van der Waals surface area contributed by atoms with E-state index in [-0.39, 0.29) is 23.4 Å². The molecule has 0 aliphatic carbocycles. The zero-order valence-corrected chi connectivity index (χ0v) is 12.3. The highest BCUT2D eigenvalue weighted by Gasteiger charge is 2.26. The first-order chi connectivity index (χ1) is 8.85. The molecule has 0 radical (unpaired) electrons. The number of rotatable bonds is 6. The van der Waals surface area contributed by atoms with Gasteiger partial charge in [-0.05, 0) is 26.0 Å². The first-order valence-corrected chi connectivity index (χ1v) is 7.61. The van der Waals surface area contributed by atoms with Gasteiger partial charge >= 0.3 is 0 Å². The number of sulfonamides is 1. The third kappa shape index (κ3) is 4.33. The predicted molar refractivity (Wildman–Crippen MR) is 74.2 cm³/mol. The number of amides is 1. The average Bonchev–Trinajstić information content (AvgIpc) is 2.34. The largest absolute Gasteiger partial charge is 0.355 e. The van der Waals surface area contributed by atoms with Crippen LogP contribution in [0.25, 0.3) is 0 Å². The van der Waals surface area contributed by atoms with Crippen LogP contribution in [0.5, 0.6) is 0 Å². The lowest BCUT2D eigenvalue weighted by Crippen LogP contribution is -2.42. The van der Waals surface area contributed by atoms with Crippen molar-refractivity contribution in [1.82, 2.24) is 9.62 Å². The molecule has 0 spiro atoms. The first-order valence-electron chi connectivity index (χ1n) is 6.17. The number of carbonyl (C=O) groups excluding carboxylic acids is 1. The summed E-state index contributed by atoms with van der Waals surface area (Å²) >= 11 is 0. The Balaban J connectivity index is 2.89. The number of benzene rings is 1. The van der Waals surface area contributed by atoms with Crippen molar-refractivity contribution in [3.63, 3.8) is 0 Å². The van der Waals surface area contributed by atoms with E-state index < -0.39 is 10.0 Å². The molecule has 0 saturated heterocycles. The highest BCUT2D eigenvalue weighted by atomic mass is 32.2. The topological polar surface area (TPSA) is 66.5 Å². The molecule has 0 aliphatic heterocycles. The second-order valence-electron chi connectivity index (χ2n) is 4.51. The monoisotopic (exact) mass is 284 g/mol. The molecule has 0 aromatic heterocycles. The third-order valence-electron chi connectivity index (χ3n) is 2.63. The maximum Gasteiger partial charge on any atom is 0.243 e. The van der Waals surface area contributed by atoms with E-state index in [1.54, 1.807) is 30.3 Å². The Bertz CT molecular complexity index is 512. The van der Waals surface area contributed by atoms with E-state index in [0.29, 0.717) is 6.54 Å². The number of hydrogen-bond acceptors (Lipinski definition) is 3. The number of carbonyl (C=O) groups is 1. The molecule has 1 aromatic rings. The van der Waals surface area contributed by atoms with Crippen molar-refractivity contribution in [2.75, 3.05) is 13.1 Å². The molecule has 0 fully saturated rings. The number of hydrogen-bond donors (Lipinski definition) is 1. The molecule has 0 unspecified atom stereocenters. The van der Waals surface area contributed by atoms with Crippen LogP contribution in [-0.2, 0) is 14.8 Å². The van der Waals surface area contributed by atoms with E-state index in [1.165, 1.54) is 11.2 Å². The van der Waals surface area contributed by atoms with Gasteiger partial charge in [-0.3, -0.25) is 4.79 Å². The van der Waals surface area contributed by atoms with Crippen LogP contribution in [0.2, 0.25) is 0 Å². The van der Waals surface area contributed by atoms with E-state index in [0.717, 1.165) is 0 Å². The van der Waals surface area contributed by atoms with Gasteiger partial charge in [0.15, 0.2) is 0 Å². The Hall–Kier alpha value is -1.40. The minimum atomic E-state index is -3.52. The third-order valence-corrected chi connectivity index (χ3v) is 4.72. The molecule has 1 aromatic carbocycles. The minimum Gasteiger partial charge on any atom is -0.355 e. The van der Waals surface area contributed by atoms with Crippen molar-refractivity contribution in [2.45, 2.75) is 31.7 Å². The van der Waals surface area contributed by atoms with Gasteiger partial charge in [0.2, 0.25) is 15.9 Å². The van der Waals surface area contributed by atoms with Gasteiger partial charge in [0.05, 0.1) is 4.90 Å². The summed E-state index contributed by atoms with van der Waals surface area (Å²) in [5, 5.41) is 2.61. The molecule has 0 atom stereocenters. The van der Waals surface area contributed by atoms with Crippen molar-refractivity contribution in [1.29, 1.82) is 0 Å². The normalized spacial score (nSPS) is 11.8. The van der Waals surface area contributed by atoms with Crippen molar-refractivity contribution in [2.24, 2.45) is 0 Å². The lowest BCUT2D eigenvalue weighted by Gasteiger charge is -2.25. The van der Waals surface area contributed by atoms with Gasteiger partial charge in [-0.15, -0.1) is 0 Å². The number of nitrogens with zero attached hydrogens (tertiary/aromatic N) is 1. The van der Waals surface area contributed by atoms with Gasteiger partial charge in [0.1, 0.15) is 0 Å². The molecule has 0 bridgehead atoms. The molecular formula is C13H20N2O3S. The van der Waals surface area contributed by atoms with Crippen molar-refractivity contribution < 1.29 is 13.2 Å². The summed E-state index contributed by atoms with van der Waals surface area (Å²) in [7, 11) is -3.52. The van der Waals surface area contributed by atoms with Crippen molar-refractivity contribution in [3.05, 3.63) is 30.3 Å². The van der Waals surface area contributed by atoms with Gasteiger partial charge in [-0.25, -0.2) is 8.42 Å². The van der Waals surface area contributed by atoms with Crippen molar-refractivity contribution >= 4 is 15.9 Å². The van der Waals surface area contributed by atoms with Crippen LogP contribution in [0.15, 0.2) is 35.2 Å². The zero-order chi connectivity index (χ0) is 14.5. The average molecular weight is 284 g/mol. The van der Waals surface area contributed by atoms with Crippen LogP contribution in [-0.4, -0.2) is 37.8 Å². The van der Waals surface area contributed by atoms with Gasteiger partial charge in [-0.2, -0.15) is 4.31 Å². The van der Waals surface area contributed by atoms with Crippen LogP contribution >= 0.6 is 0 Å². The molecule has 106 valence electrons. The lowest BCUT2D eigenvalue weighted by molar-refractivity contribution is -0.118. The fraction of sp³-hybridized carbons (Fsp3) is 0.462. The summed E-state index contributed by atoms with van der Waals surface area (Å²) in [5.41, 5.74) is 0. The van der Waals surface area contributed by atoms with Crippen LogP contribution in [0.3, 0.4) is 0 Å². The van der Waals surface area contributed by atoms with Crippen LogP contribution in [0, 0.1) is 0 Å². The summed E-state index contributed by atoms with van der Waals surface area (Å²) < 4.78 is 26.3. The molecule has 1 N–H and O–H groups in total. The highest BCUT2D eigenvalue weighted by Crippen LogP contribution is 2.17. The second-order valence-corrected chi connectivity index (χ2v) is 6.40. The van der Waals surface area contributed by atoms with Crippen LogP contribution in [0.4, 0.5) is 0 Å². The van der Waals surface area contributed by atoms with E-state index in [2.05, 4.69) is 5.32 Å². The fourth-order valence-corrected chi connectivity index (χ4v) is 3.38. The maximum atomic E-state index is 12.5. The Labute approximate surface area is 114 Å². The first kappa shape index (κ1) is 15.7. The number of nitrogens with one attached hydrogen (secondary N) is 1. The summed E-state index contributed by atoms with van der Waals surface area (Å²) in [6.45, 7) is 5.60. The maximum absolute atomic E-state index is 12.5. The molecule has 0 saturated carbocycles. The molecular weight excluding hydrogens is 264 g/mol. The molecule has 6 heteroatoms. The van der Waals surface area contributed by atoms with Gasteiger partial charge in [0, 0.05) is 26.1 Å². The Kier molecular flexibility index (Phi) is 5.50. The zero-order valence-electron chi connectivity index (χ0n) is 11.5. The van der Waals surface area contributed by atoms with E-state index in [1.807, 2.05) is 13.8 Å². The SMILES string of the molecule is CC(=O)NCCN(C(C)C)S(=O)(=O)c1ccccc1. The van der Waals surface area contributed by atoms with E-state index in [4.69, 9.17) is 0 Å². The highest BCUT2D eigenvalue weighted by molar-refractivity contribution is 7.89. The second kappa shape index (κ2) is 6.68. The Morgan fingerprint density at radius 3 is 2.32 bits per heavy atom. The van der Waals surface area contributed by atoms with Gasteiger partial charge in [0.25, 0.3) is 0 Å². The summed E-state index contributed by atoms with van der Waals surface area (Å²) in [5.74, 6) is -0.166. The van der Waals surface area contributed by atoms with Gasteiger partial charge in [-0.1, -0.05) is 18.2 Å². The molecule has 1 rings (SSSR count). The molecule has 0 heterocycles. The fourth-order valence-electron chi connectivity index (χ4n) is 1.73. The van der Waals surface area contributed by atoms with Crippen LogP contribution in [0.1, 0.15) is 20.8 Å². The predicted octanol–water partition coefficient (Wildman–Crippen LogP) is 1.22. The van der Waals surface area contributed by atoms with E-state index in [9.17, 15) is 13.2 Å². The van der Waals surface area contributed by atoms with E-state index >= 15 is 0 Å². The molecule has 1 amide bonds. The lowest BCUT2D eigenvalue weighted by atomic mass is 10.4.